The molecule has 0 aliphatic carbocycles. The minimum absolute atomic E-state index is 0.0906. The minimum atomic E-state index is -0.260. The van der Waals surface area contributed by atoms with Crippen LogP contribution in [0.3, 0.4) is 0 Å². The van der Waals surface area contributed by atoms with Crippen LogP contribution in [0.4, 0.5) is 0 Å². The van der Waals surface area contributed by atoms with Gasteiger partial charge in [0.1, 0.15) is 0 Å². The fourth-order valence-corrected chi connectivity index (χ4v) is 2.60. The zero-order valence-electron chi connectivity index (χ0n) is 17.7. The second kappa shape index (κ2) is 9.44. The van der Waals surface area contributed by atoms with E-state index in [9.17, 15) is 4.79 Å². The molecule has 0 aliphatic heterocycles. The first-order valence-corrected chi connectivity index (χ1v) is 9.77. The van der Waals surface area contributed by atoms with Crippen LogP contribution in [0, 0.1) is 6.92 Å². The van der Waals surface area contributed by atoms with Crippen molar-refractivity contribution in [3.05, 3.63) is 59.9 Å². The van der Waals surface area contributed by atoms with E-state index < -0.39 is 0 Å². The number of amides is 1. The van der Waals surface area contributed by atoms with Crippen LogP contribution in [0.1, 0.15) is 57.0 Å². The van der Waals surface area contributed by atoms with Crippen LogP contribution in [0.25, 0.3) is 16.8 Å². The molecular formula is C22H29BN4O. The van der Waals surface area contributed by atoms with Gasteiger partial charge in [-0.2, -0.15) is 0 Å². The van der Waals surface area contributed by atoms with Gasteiger partial charge in [-0.25, -0.2) is 0 Å². The van der Waals surface area contributed by atoms with Crippen LogP contribution < -0.4 is 5.32 Å². The van der Waals surface area contributed by atoms with Gasteiger partial charge in [-0.3, -0.25) is 0 Å². The summed E-state index contributed by atoms with van der Waals surface area (Å²) < 4.78 is 1.67. The monoisotopic (exact) mass is 376 g/mol. The molecule has 1 aromatic heterocycles. The molecule has 3 aromatic rings. The average Bonchev–Trinajstić information content (AvgIpc) is 3.24. The van der Waals surface area contributed by atoms with Gasteiger partial charge in [-0.15, -0.1) is 0 Å². The zero-order valence-corrected chi connectivity index (χ0v) is 17.7. The van der Waals surface area contributed by atoms with E-state index >= 15 is 0 Å². The third kappa shape index (κ3) is 5.38. The first-order chi connectivity index (χ1) is 13.4. The van der Waals surface area contributed by atoms with Gasteiger partial charge in [0.05, 0.1) is 0 Å². The molecule has 28 heavy (non-hydrogen) atoms. The van der Waals surface area contributed by atoms with Gasteiger partial charge >= 0.3 is 154 Å². The number of nitrogens with one attached hydrogen (secondary N) is 1. The number of aromatic nitrogens is 3. The third-order valence-electron chi connectivity index (χ3n) is 4.58. The van der Waals surface area contributed by atoms with E-state index in [1.165, 1.54) is 12.8 Å². The molecule has 1 N–H and O–H groups in total. The molecule has 0 spiro atoms. The summed E-state index contributed by atoms with van der Waals surface area (Å²) in [5, 5.41) is 7.30. The number of rotatable bonds is 5. The standard InChI is InChI=1S/C20H23BN4O.C2H6/c1-5-20(3,4)23-19(26)17-10-16(15-8-6-14(2)7-9-15)11-18(12-17)25-13-22-21-24-25;1-2/h6-13H,5H2,1-4H3,(H,23,26);1-2H3. The van der Waals surface area contributed by atoms with E-state index in [0.717, 1.165) is 23.2 Å². The normalized spacial score (nSPS) is 10.6. The van der Waals surface area contributed by atoms with E-state index in [1.54, 1.807) is 11.0 Å². The quantitative estimate of drug-likeness (QED) is 0.712. The summed E-state index contributed by atoms with van der Waals surface area (Å²) in [5.41, 5.74) is 4.38. The van der Waals surface area contributed by atoms with Gasteiger partial charge in [0.2, 0.25) is 0 Å². The van der Waals surface area contributed by atoms with Gasteiger partial charge in [0.15, 0.2) is 0 Å². The Morgan fingerprint density at radius 1 is 1.11 bits per heavy atom. The van der Waals surface area contributed by atoms with Crippen molar-refractivity contribution in [3.8, 4) is 16.8 Å². The Morgan fingerprint density at radius 3 is 2.36 bits per heavy atom. The maximum atomic E-state index is 12.8. The summed E-state index contributed by atoms with van der Waals surface area (Å²) in [6, 6.07) is 14.0. The van der Waals surface area contributed by atoms with Crippen molar-refractivity contribution >= 4 is 13.1 Å². The van der Waals surface area contributed by atoms with Gasteiger partial charge in [0.25, 0.3) is 0 Å². The predicted octanol–water partition coefficient (Wildman–Crippen LogP) is 4.53. The zero-order chi connectivity index (χ0) is 20.7. The Kier molecular flexibility index (Phi) is 7.27. The van der Waals surface area contributed by atoms with E-state index in [1.807, 2.05) is 45.9 Å². The molecule has 0 atom stereocenters. The molecule has 3 rings (SSSR count). The number of hydrogen-bond donors (Lipinski definition) is 1. The molecule has 1 amide bonds. The van der Waals surface area contributed by atoms with E-state index in [0.29, 0.717) is 5.56 Å². The van der Waals surface area contributed by atoms with Gasteiger partial charge in [-0.1, -0.05) is 13.8 Å². The van der Waals surface area contributed by atoms with Crippen molar-refractivity contribution in [2.75, 3.05) is 0 Å². The molecule has 5 nitrogen and oxygen atoms in total. The van der Waals surface area contributed by atoms with Crippen LogP contribution in [0.5, 0.6) is 0 Å². The van der Waals surface area contributed by atoms with Crippen molar-refractivity contribution in [2.45, 2.75) is 53.5 Å². The fraction of sp³-hybridized carbons (Fsp3) is 0.364. The van der Waals surface area contributed by atoms with Gasteiger partial charge < -0.3 is 0 Å². The Balaban J connectivity index is 0.00000136. The van der Waals surface area contributed by atoms with E-state index in [4.69, 9.17) is 0 Å². The van der Waals surface area contributed by atoms with Crippen molar-refractivity contribution in [3.63, 3.8) is 0 Å². The molecule has 2 aromatic carbocycles. The molecule has 0 saturated heterocycles. The molecular weight excluding hydrogens is 347 g/mol. The first-order valence-electron chi connectivity index (χ1n) is 9.77. The summed E-state index contributed by atoms with van der Waals surface area (Å²) in [6.45, 7) is 12.2. The van der Waals surface area contributed by atoms with E-state index in [-0.39, 0.29) is 11.4 Å². The average molecular weight is 376 g/mol. The number of nitrogens with zero attached hydrogens (tertiary/aromatic N) is 3. The fourth-order valence-electron chi connectivity index (χ4n) is 2.60. The number of hydrogen-bond acceptors (Lipinski definition) is 3. The molecule has 0 fully saturated rings. The van der Waals surface area contributed by atoms with Crippen molar-refractivity contribution in [1.29, 1.82) is 0 Å². The first kappa shape index (κ1) is 21.5. The maximum absolute atomic E-state index is 12.8. The Hall–Kier alpha value is -2.76. The summed E-state index contributed by atoms with van der Waals surface area (Å²) in [6.07, 6.45) is 2.48. The van der Waals surface area contributed by atoms with Crippen LogP contribution in [0.2, 0.25) is 0 Å². The Labute approximate surface area is 168 Å². The SMILES string of the molecule is CC.CCC(C)(C)NC(=O)c1cc(-c2ccc(C)cc2)cc(-n2cnbn2)c1. The molecule has 1 heterocycles. The number of benzene rings is 2. The summed E-state index contributed by atoms with van der Waals surface area (Å²) >= 11 is 0. The topological polar surface area (TPSA) is 59.8 Å². The summed E-state index contributed by atoms with van der Waals surface area (Å²) in [7, 11) is 1.48. The van der Waals surface area contributed by atoms with Gasteiger partial charge in [0, 0.05) is 0 Å². The van der Waals surface area contributed by atoms with Crippen molar-refractivity contribution in [1.82, 2.24) is 19.9 Å². The Morgan fingerprint density at radius 2 is 1.79 bits per heavy atom. The van der Waals surface area contributed by atoms with Crippen molar-refractivity contribution < 1.29 is 4.79 Å². The van der Waals surface area contributed by atoms with Crippen LogP contribution >= 0.6 is 0 Å². The van der Waals surface area contributed by atoms with Crippen LogP contribution in [-0.4, -0.2) is 33.2 Å². The van der Waals surface area contributed by atoms with Crippen molar-refractivity contribution in [2.24, 2.45) is 0 Å². The molecule has 0 bridgehead atoms. The molecule has 0 aliphatic rings. The Bertz CT molecular complexity index is 903. The second-order valence-corrected chi connectivity index (χ2v) is 7.17. The molecule has 0 unspecified atom stereocenters. The summed E-state index contributed by atoms with van der Waals surface area (Å²) in [4.78, 5) is 16.8. The van der Waals surface area contributed by atoms with E-state index in [2.05, 4.69) is 53.3 Å². The third-order valence-corrected chi connectivity index (χ3v) is 4.58. The molecule has 6 heteroatoms. The number of aryl methyl sites for hydroxylation is 1. The van der Waals surface area contributed by atoms with Crippen LogP contribution in [-0.2, 0) is 0 Å². The second-order valence-electron chi connectivity index (χ2n) is 7.17. The van der Waals surface area contributed by atoms with Gasteiger partial charge in [-0.05, 0) is 0 Å². The number of carbonyl (C=O) groups is 1. The predicted molar refractivity (Wildman–Crippen MR) is 116 cm³/mol. The molecule has 0 radical (unpaired) electrons. The summed E-state index contributed by atoms with van der Waals surface area (Å²) in [5.74, 6) is -0.0906. The molecule has 146 valence electrons. The number of carbonyl (C=O) groups excluding carboxylic acids is 1. The molecule has 0 saturated carbocycles. The van der Waals surface area contributed by atoms with Crippen LogP contribution in [0.15, 0.2) is 48.8 Å².